The lowest BCUT2D eigenvalue weighted by molar-refractivity contribution is -0.137. The van der Waals surface area contributed by atoms with Crippen LogP contribution in [0, 0.1) is 12.3 Å². The molecule has 2 aliphatic rings. The first kappa shape index (κ1) is 18.2. The largest absolute Gasteiger partial charge is 0.381 e. The molecule has 1 aromatic heterocycles. The Hall–Kier alpha value is -2.14. The van der Waals surface area contributed by atoms with Crippen LogP contribution in [0.5, 0.6) is 0 Å². The summed E-state index contributed by atoms with van der Waals surface area (Å²) in [6.07, 6.45) is 6.65. The predicted octanol–water partition coefficient (Wildman–Crippen LogP) is 4.05. The van der Waals surface area contributed by atoms with Gasteiger partial charge in [-0.3, -0.25) is 4.79 Å². The number of aromatic nitrogens is 1. The molecular weight excluding hydrogens is 340 g/mol. The van der Waals surface area contributed by atoms with Gasteiger partial charge in [-0.15, -0.1) is 0 Å². The van der Waals surface area contributed by atoms with Crippen LogP contribution in [0.2, 0.25) is 0 Å². The number of benzene rings is 1. The average Bonchev–Trinajstić information content (AvgIpc) is 3.35. The van der Waals surface area contributed by atoms with Gasteiger partial charge in [0, 0.05) is 37.3 Å². The van der Waals surface area contributed by atoms with Crippen LogP contribution in [-0.4, -0.2) is 30.3 Å². The van der Waals surface area contributed by atoms with Crippen molar-refractivity contribution in [1.82, 2.24) is 10.5 Å². The lowest BCUT2D eigenvalue weighted by Gasteiger charge is -2.36. The van der Waals surface area contributed by atoms with Crippen molar-refractivity contribution in [2.45, 2.75) is 57.9 Å². The lowest BCUT2D eigenvalue weighted by Crippen LogP contribution is -2.48. The van der Waals surface area contributed by atoms with Crippen molar-refractivity contribution in [3.63, 3.8) is 0 Å². The number of carbonyl (C=O) groups excluding carboxylic acids is 1. The molecule has 0 atom stereocenters. The minimum absolute atomic E-state index is 0.159. The Labute approximate surface area is 160 Å². The predicted molar refractivity (Wildman–Crippen MR) is 103 cm³/mol. The van der Waals surface area contributed by atoms with Crippen LogP contribution in [0.25, 0.3) is 11.3 Å². The van der Waals surface area contributed by atoms with E-state index in [1.807, 2.05) is 24.3 Å². The molecule has 5 nitrogen and oxygen atoms in total. The number of ether oxygens (including phenoxy) is 1. The second-order valence-electron chi connectivity index (χ2n) is 8.02. The van der Waals surface area contributed by atoms with Crippen LogP contribution >= 0.6 is 0 Å². The van der Waals surface area contributed by atoms with Crippen LogP contribution in [0.3, 0.4) is 0 Å². The van der Waals surface area contributed by atoms with Crippen LogP contribution in [-0.2, 0) is 16.0 Å². The summed E-state index contributed by atoms with van der Waals surface area (Å²) < 4.78 is 11.2. The number of amides is 1. The summed E-state index contributed by atoms with van der Waals surface area (Å²) in [4.78, 5) is 13.2. The van der Waals surface area contributed by atoms with Gasteiger partial charge in [-0.1, -0.05) is 42.3 Å². The van der Waals surface area contributed by atoms with Gasteiger partial charge in [-0.2, -0.15) is 0 Å². The molecule has 2 fully saturated rings. The molecule has 2 heterocycles. The third-order valence-electron chi connectivity index (χ3n) is 6.11. The minimum atomic E-state index is -0.455. The number of nitrogens with zero attached hydrogens (tertiary/aromatic N) is 1. The highest BCUT2D eigenvalue weighted by Gasteiger charge is 2.42. The van der Waals surface area contributed by atoms with Crippen molar-refractivity contribution in [2.24, 2.45) is 5.41 Å². The topological polar surface area (TPSA) is 64.4 Å². The van der Waals surface area contributed by atoms with Crippen molar-refractivity contribution < 1.29 is 14.1 Å². The Balaban J connectivity index is 1.53. The third-order valence-corrected chi connectivity index (χ3v) is 6.11. The van der Waals surface area contributed by atoms with Gasteiger partial charge in [-0.05, 0) is 38.2 Å². The molecule has 0 radical (unpaired) electrons. The first-order valence-electron chi connectivity index (χ1n) is 10.1. The molecule has 1 saturated carbocycles. The van der Waals surface area contributed by atoms with E-state index in [0.29, 0.717) is 25.7 Å². The molecule has 144 valence electrons. The van der Waals surface area contributed by atoms with E-state index >= 15 is 0 Å². The molecule has 1 N–H and O–H groups in total. The second-order valence-corrected chi connectivity index (χ2v) is 8.02. The normalized spacial score (nSPS) is 19.9. The lowest BCUT2D eigenvalue weighted by atomic mass is 9.75. The summed E-state index contributed by atoms with van der Waals surface area (Å²) in [5, 5.41) is 7.57. The molecule has 27 heavy (non-hydrogen) atoms. The highest BCUT2D eigenvalue weighted by Crippen LogP contribution is 2.36. The van der Waals surface area contributed by atoms with Gasteiger partial charge >= 0.3 is 0 Å². The van der Waals surface area contributed by atoms with Crippen molar-refractivity contribution >= 4 is 5.91 Å². The molecule has 2 aromatic rings. The number of nitrogens with one attached hydrogen (secondary N) is 1. The summed E-state index contributed by atoms with van der Waals surface area (Å²) in [5.41, 5.74) is 2.62. The smallest absolute Gasteiger partial charge is 0.227 e. The zero-order chi connectivity index (χ0) is 18.7. The standard InChI is InChI=1S/C22H28N2O3/c1-16-6-2-5-9-19(16)20-14-18(27-24-20)15-22(10-12-26-13-11-22)21(25)23-17-7-3-4-8-17/h2,5-6,9,14,17H,3-4,7-8,10-13,15H2,1H3,(H,23,25). The Morgan fingerprint density at radius 2 is 1.96 bits per heavy atom. The molecule has 1 aliphatic heterocycles. The van der Waals surface area contributed by atoms with Crippen molar-refractivity contribution in [3.8, 4) is 11.3 Å². The van der Waals surface area contributed by atoms with Crippen molar-refractivity contribution in [1.29, 1.82) is 0 Å². The van der Waals surface area contributed by atoms with Gasteiger partial charge in [0.05, 0.1) is 5.41 Å². The number of aryl methyl sites for hydroxylation is 1. The van der Waals surface area contributed by atoms with E-state index in [2.05, 4.69) is 23.5 Å². The van der Waals surface area contributed by atoms with Crippen LogP contribution in [0.4, 0.5) is 0 Å². The van der Waals surface area contributed by atoms with Crippen molar-refractivity contribution in [2.75, 3.05) is 13.2 Å². The summed E-state index contributed by atoms with van der Waals surface area (Å²) >= 11 is 0. The number of rotatable bonds is 5. The van der Waals surface area contributed by atoms with Gasteiger partial charge in [-0.25, -0.2) is 0 Å². The second kappa shape index (κ2) is 7.85. The maximum absolute atomic E-state index is 13.2. The Morgan fingerprint density at radius 1 is 1.22 bits per heavy atom. The SMILES string of the molecule is Cc1ccccc1-c1cc(CC2(C(=O)NC3CCCC3)CCOCC2)on1. The molecule has 0 bridgehead atoms. The van der Waals surface area contributed by atoms with Gasteiger partial charge < -0.3 is 14.6 Å². The van der Waals surface area contributed by atoms with E-state index in [1.54, 1.807) is 0 Å². The molecule has 0 unspecified atom stereocenters. The van der Waals surface area contributed by atoms with E-state index < -0.39 is 5.41 Å². The highest BCUT2D eigenvalue weighted by atomic mass is 16.5. The molecule has 1 amide bonds. The van der Waals surface area contributed by atoms with E-state index in [4.69, 9.17) is 9.26 Å². The van der Waals surface area contributed by atoms with Gasteiger partial charge in [0.25, 0.3) is 0 Å². The Morgan fingerprint density at radius 3 is 2.70 bits per heavy atom. The summed E-state index contributed by atoms with van der Waals surface area (Å²) in [6, 6.07) is 10.5. The molecule has 1 aromatic carbocycles. The van der Waals surface area contributed by atoms with E-state index in [9.17, 15) is 4.79 Å². The maximum Gasteiger partial charge on any atom is 0.227 e. The van der Waals surface area contributed by atoms with Gasteiger partial charge in [0.1, 0.15) is 11.5 Å². The van der Waals surface area contributed by atoms with Gasteiger partial charge in [0.2, 0.25) is 5.91 Å². The molecule has 1 aliphatic carbocycles. The average molecular weight is 368 g/mol. The maximum atomic E-state index is 13.2. The molecule has 1 saturated heterocycles. The molecule has 0 spiro atoms. The first-order valence-corrected chi connectivity index (χ1v) is 10.1. The number of hydrogen-bond donors (Lipinski definition) is 1. The highest BCUT2D eigenvalue weighted by molar-refractivity contribution is 5.83. The molecule has 5 heteroatoms. The Kier molecular flexibility index (Phi) is 5.30. The fourth-order valence-corrected chi connectivity index (χ4v) is 4.37. The van der Waals surface area contributed by atoms with Crippen LogP contribution in [0.1, 0.15) is 49.8 Å². The fraction of sp³-hybridized carbons (Fsp3) is 0.545. The van der Waals surface area contributed by atoms with E-state index in [1.165, 1.54) is 12.8 Å². The van der Waals surface area contributed by atoms with E-state index in [-0.39, 0.29) is 5.91 Å². The minimum Gasteiger partial charge on any atom is -0.381 e. The Bertz CT molecular complexity index is 786. The monoisotopic (exact) mass is 368 g/mol. The summed E-state index contributed by atoms with van der Waals surface area (Å²) in [6.45, 7) is 3.31. The zero-order valence-corrected chi connectivity index (χ0v) is 16.0. The van der Waals surface area contributed by atoms with E-state index in [0.717, 1.165) is 48.3 Å². The quantitative estimate of drug-likeness (QED) is 0.865. The molecule has 4 rings (SSSR count). The number of hydrogen-bond acceptors (Lipinski definition) is 4. The fourth-order valence-electron chi connectivity index (χ4n) is 4.37. The zero-order valence-electron chi connectivity index (χ0n) is 16.0. The van der Waals surface area contributed by atoms with Crippen LogP contribution < -0.4 is 5.32 Å². The first-order chi connectivity index (χ1) is 13.2. The number of carbonyl (C=O) groups is 1. The third kappa shape index (κ3) is 3.93. The molecular formula is C22H28N2O3. The van der Waals surface area contributed by atoms with Gasteiger partial charge in [0.15, 0.2) is 0 Å². The van der Waals surface area contributed by atoms with Crippen LogP contribution in [0.15, 0.2) is 34.9 Å². The summed E-state index contributed by atoms with van der Waals surface area (Å²) in [5.74, 6) is 0.934. The summed E-state index contributed by atoms with van der Waals surface area (Å²) in [7, 11) is 0. The van der Waals surface area contributed by atoms with Crippen molar-refractivity contribution in [3.05, 3.63) is 41.7 Å².